The van der Waals surface area contributed by atoms with E-state index < -0.39 is 0 Å². The van der Waals surface area contributed by atoms with Gasteiger partial charge in [-0.1, -0.05) is 13.8 Å². The van der Waals surface area contributed by atoms with E-state index in [4.69, 9.17) is 9.84 Å². The molecular formula is C11H23NO3. The van der Waals surface area contributed by atoms with Crippen LogP contribution in [0.1, 0.15) is 33.6 Å². The second-order valence-electron chi connectivity index (χ2n) is 3.99. The number of ether oxygens (including phenoxy) is 1. The van der Waals surface area contributed by atoms with Crippen molar-refractivity contribution in [2.24, 2.45) is 5.92 Å². The number of carbonyl (C=O) groups is 1. The third-order valence-electron chi connectivity index (χ3n) is 1.90. The van der Waals surface area contributed by atoms with Crippen molar-refractivity contribution in [2.75, 3.05) is 19.8 Å². The number of esters is 1. The minimum absolute atomic E-state index is 0.0382. The quantitative estimate of drug-likeness (QED) is 0.691. The molecule has 1 aliphatic heterocycles. The molecule has 1 atom stereocenters. The number of rotatable bonds is 3. The fourth-order valence-electron chi connectivity index (χ4n) is 1.24. The lowest BCUT2D eigenvalue weighted by molar-refractivity contribution is -0.146. The number of hydrogen-bond donors (Lipinski definition) is 2. The summed E-state index contributed by atoms with van der Waals surface area (Å²) in [4.78, 5) is 11.3. The first kappa shape index (κ1) is 14.4. The number of aliphatic hydroxyl groups is 1. The van der Waals surface area contributed by atoms with Crippen LogP contribution in [0, 0.1) is 5.92 Å². The summed E-state index contributed by atoms with van der Waals surface area (Å²) in [5, 5.41) is 10.7. The summed E-state index contributed by atoms with van der Waals surface area (Å²) in [6.45, 7) is 7.49. The van der Waals surface area contributed by atoms with Crippen LogP contribution in [0.15, 0.2) is 0 Å². The first-order chi connectivity index (χ1) is 7.11. The maximum Gasteiger partial charge on any atom is 0.323 e. The summed E-state index contributed by atoms with van der Waals surface area (Å²) < 4.78 is 5.09. The van der Waals surface area contributed by atoms with Crippen molar-refractivity contribution in [3.05, 3.63) is 0 Å². The first-order valence-corrected chi connectivity index (χ1v) is 5.62. The van der Waals surface area contributed by atoms with Gasteiger partial charge in [0.25, 0.3) is 0 Å². The fourth-order valence-corrected chi connectivity index (χ4v) is 1.24. The minimum Gasteiger partial charge on any atom is -0.464 e. The van der Waals surface area contributed by atoms with Crippen molar-refractivity contribution in [2.45, 2.75) is 39.7 Å². The lowest BCUT2D eigenvalue weighted by Gasteiger charge is -2.11. The molecule has 4 heteroatoms. The highest BCUT2D eigenvalue weighted by Gasteiger charge is 2.23. The summed E-state index contributed by atoms with van der Waals surface area (Å²) in [6.07, 6.45) is 2.01. The van der Waals surface area contributed by atoms with Gasteiger partial charge in [-0.3, -0.25) is 4.79 Å². The van der Waals surface area contributed by atoms with Crippen LogP contribution >= 0.6 is 0 Å². The van der Waals surface area contributed by atoms with Crippen LogP contribution in [0.5, 0.6) is 0 Å². The van der Waals surface area contributed by atoms with E-state index in [1.165, 1.54) is 0 Å². The lowest BCUT2D eigenvalue weighted by atomic mass is 10.2. The minimum atomic E-state index is -0.0822. The molecule has 1 aliphatic rings. The van der Waals surface area contributed by atoms with E-state index in [1.807, 2.05) is 13.8 Å². The molecule has 0 aromatic carbocycles. The highest BCUT2D eigenvalue weighted by molar-refractivity contribution is 5.76. The van der Waals surface area contributed by atoms with Crippen molar-refractivity contribution in [3.8, 4) is 0 Å². The third kappa shape index (κ3) is 7.33. The van der Waals surface area contributed by atoms with E-state index in [2.05, 4.69) is 5.32 Å². The van der Waals surface area contributed by atoms with Crippen LogP contribution in [-0.4, -0.2) is 36.9 Å². The average molecular weight is 217 g/mol. The molecular weight excluding hydrogens is 194 g/mol. The van der Waals surface area contributed by atoms with Gasteiger partial charge >= 0.3 is 5.97 Å². The Morgan fingerprint density at radius 2 is 2.20 bits per heavy atom. The van der Waals surface area contributed by atoms with Gasteiger partial charge in [-0.2, -0.15) is 0 Å². The van der Waals surface area contributed by atoms with E-state index in [0.717, 1.165) is 19.4 Å². The van der Waals surface area contributed by atoms with Crippen LogP contribution in [-0.2, 0) is 9.53 Å². The van der Waals surface area contributed by atoms with E-state index in [0.29, 0.717) is 12.5 Å². The molecule has 0 aliphatic carbocycles. The van der Waals surface area contributed by atoms with Gasteiger partial charge in [-0.05, 0) is 32.2 Å². The predicted molar refractivity (Wildman–Crippen MR) is 59.6 cm³/mol. The molecule has 0 aromatic rings. The lowest BCUT2D eigenvalue weighted by Crippen LogP contribution is -2.33. The topological polar surface area (TPSA) is 58.6 Å². The van der Waals surface area contributed by atoms with Crippen molar-refractivity contribution in [1.82, 2.24) is 5.32 Å². The van der Waals surface area contributed by atoms with Crippen molar-refractivity contribution in [3.63, 3.8) is 0 Å². The zero-order valence-electron chi connectivity index (χ0n) is 9.95. The highest BCUT2D eigenvalue weighted by atomic mass is 16.5. The van der Waals surface area contributed by atoms with Gasteiger partial charge < -0.3 is 15.2 Å². The van der Waals surface area contributed by atoms with E-state index in [9.17, 15) is 4.79 Å². The molecule has 1 heterocycles. The van der Waals surface area contributed by atoms with Gasteiger partial charge in [0.2, 0.25) is 0 Å². The number of aliphatic hydroxyl groups excluding tert-OH is 1. The van der Waals surface area contributed by atoms with Gasteiger partial charge in [-0.15, -0.1) is 0 Å². The standard InChI is InChI=1S/C9H17NO2.C2H6O/c1-7(2)6-12-9(11)8-4-3-5-10-8;1-2-3/h7-8,10H,3-6H2,1-2H3;3H,2H2,1H3. The maximum atomic E-state index is 11.3. The Bertz CT molecular complexity index is 165. The molecule has 15 heavy (non-hydrogen) atoms. The maximum absolute atomic E-state index is 11.3. The van der Waals surface area contributed by atoms with Gasteiger partial charge in [0.15, 0.2) is 0 Å². The molecule has 90 valence electrons. The summed E-state index contributed by atoms with van der Waals surface area (Å²) in [5.74, 6) is 0.344. The van der Waals surface area contributed by atoms with Gasteiger partial charge in [0, 0.05) is 6.61 Å². The van der Waals surface area contributed by atoms with Gasteiger partial charge in [0.05, 0.1) is 6.61 Å². The SMILES string of the molecule is CC(C)COC(=O)C1CCCN1.CCO. The molecule has 0 saturated carbocycles. The van der Waals surface area contributed by atoms with Crippen LogP contribution in [0.25, 0.3) is 0 Å². The summed E-state index contributed by atoms with van der Waals surface area (Å²) >= 11 is 0. The Morgan fingerprint density at radius 3 is 2.60 bits per heavy atom. The van der Waals surface area contributed by atoms with E-state index in [-0.39, 0.29) is 18.6 Å². The Kier molecular flexibility index (Phi) is 8.33. The number of nitrogens with one attached hydrogen (secondary N) is 1. The second-order valence-corrected chi connectivity index (χ2v) is 3.99. The van der Waals surface area contributed by atoms with Crippen LogP contribution in [0.2, 0.25) is 0 Å². The van der Waals surface area contributed by atoms with Crippen LogP contribution in [0.3, 0.4) is 0 Å². The smallest absolute Gasteiger partial charge is 0.323 e. The summed E-state index contributed by atoms with van der Waals surface area (Å²) in [6, 6.07) is -0.0382. The largest absolute Gasteiger partial charge is 0.464 e. The number of hydrogen-bond acceptors (Lipinski definition) is 4. The van der Waals surface area contributed by atoms with Crippen molar-refractivity contribution in [1.29, 1.82) is 0 Å². The zero-order chi connectivity index (χ0) is 11.7. The Morgan fingerprint density at radius 1 is 1.60 bits per heavy atom. The van der Waals surface area contributed by atoms with Crippen molar-refractivity contribution >= 4 is 5.97 Å². The second kappa shape index (κ2) is 8.68. The van der Waals surface area contributed by atoms with E-state index in [1.54, 1.807) is 6.92 Å². The van der Waals surface area contributed by atoms with Gasteiger partial charge in [0.1, 0.15) is 6.04 Å². The number of carbonyl (C=O) groups excluding carboxylic acids is 1. The first-order valence-electron chi connectivity index (χ1n) is 5.62. The summed E-state index contributed by atoms with van der Waals surface area (Å²) in [7, 11) is 0. The molecule has 1 unspecified atom stereocenters. The molecule has 0 aromatic heterocycles. The molecule has 0 spiro atoms. The predicted octanol–water partition coefficient (Wildman–Crippen LogP) is 0.936. The highest BCUT2D eigenvalue weighted by Crippen LogP contribution is 2.07. The Hall–Kier alpha value is -0.610. The molecule has 1 rings (SSSR count). The monoisotopic (exact) mass is 217 g/mol. The fraction of sp³-hybridized carbons (Fsp3) is 0.909. The van der Waals surface area contributed by atoms with Crippen LogP contribution in [0.4, 0.5) is 0 Å². The molecule has 2 N–H and O–H groups in total. The molecule has 0 radical (unpaired) electrons. The average Bonchev–Trinajstić information content (AvgIpc) is 2.68. The normalized spacial score (nSPS) is 19.7. The zero-order valence-corrected chi connectivity index (χ0v) is 9.95. The molecule has 4 nitrogen and oxygen atoms in total. The third-order valence-corrected chi connectivity index (χ3v) is 1.90. The molecule has 0 bridgehead atoms. The van der Waals surface area contributed by atoms with E-state index >= 15 is 0 Å². The molecule has 1 saturated heterocycles. The summed E-state index contributed by atoms with van der Waals surface area (Å²) in [5.41, 5.74) is 0. The van der Waals surface area contributed by atoms with Crippen LogP contribution < -0.4 is 5.32 Å². The molecule has 0 amide bonds. The van der Waals surface area contributed by atoms with Gasteiger partial charge in [-0.25, -0.2) is 0 Å². The Labute approximate surface area is 92.0 Å². The molecule has 1 fully saturated rings. The Balaban J connectivity index is 0.000000583. The van der Waals surface area contributed by atoms with Crippen molar-refractivity contribution < 1.29 is 14.6 Å².